The Kier molecular flexibility index (Phi) is 8.11. The van der Waals surface area contributed by atoms with Crippen molar-refractivity contribution >= 4 is 21.8 Å². The molecular formula is C15H22BrNO3. The first-order valence-electron chi connectivity index (χ1n) is 6.92. The third kappa shape index (κ3) is 5.82. The van der Waals surface area contributed by atoms with Crippen molar-refractivity contribution in [3.8, 4) is 11.5 Å². The Morgan fingerprint density at radius 1 is 1.20 bits per heavy atom. The van der Waals surface area contributed by atoms with Gasteiger partial charge in [-0.1, -0.05) is 22.0 Å². The third-order valence-electron chi connectivity index (χ3n) is 2.67. The van der Waals surface area contributed by atoms with Gasteiger partial charge in [0.25, 0.3) is 0 Å². The van der Waals surface area contributed by atoms with E-state index >= 15 is 0 Å². The number of nitrogens with one attached hydrogen (secondary N) is 1. The lowest BCUT2D eigenvalue weighted by Gasteiger charge is -2.12. The number of carbonyl (C=O) groups is 1. The number of ether oxygens (including phenoxy) is 2. The molecule has 1 amide bonds. The zero-order valence-electron chi connectivity index (χ0n) is 12.1. The van der Waals surface area contributed by atoms with Crippen LogP contribution in [0.3, 0.4) is 0 Å². The highest BCUT2D eigenvalue weighted by Gasteiger charge is 2.06. The van der Waals surface area contributed by atoms with Crippen LogP contribution in [0.25, 0.3) is 0 Å². The van der Waals surface area contributed by atoms with Crippen LogP contribution in [0.2, 0.25) is 0 Å². The normalized spacial score (nSPS) is 10.2. The number of alkyl halides is 1. The molecule has 0 radical (unpaired) electrons. The minimum absolute atomic E-state index is 0.0674. The SMILES string of the molecule is CCOc1ccc(CCNC(=O)CCBr)cc1OCC. The van der Waals surface area contributed by atoms with E-state index in [-0.39, 0.29) is 5.91 Å². The second-order valence-corrected chi connectivity index (χ2v) is 4.98. The van der Waals surface area contributed by atoms with Crippen LogP contribution in [0, 0.1) is 0 Å². The topological polar surface area (TPSA) is 47.6 Å². The molecule has 0 bridgehead atoms. The quantitative estimate of drug-likeness (QED) is 0.701. The average molecular weight is 344 g/mol. The van der Waals surface area contributed by atoms with Gasteiger partial charge in [-0.2, -0.15) is 0 Å². The molecule has 0 aliphatic carbocycles. The smallest absolute Gasteiger partial charge is 0.220 e. The van der Waals surface area contributed by atoms with Gasteiger partial charge in [0.1, 0.15) is 0 Å². The summed E-state index contributed by atoms with van der Waals surface area (Å²) in [4.78, 5) is 11.4. The molecule has 0 saturated heterocycles. The standard InChI is InChI=1S/C15H22BrNO3/c1-3-19-13-6-5-12(11-14(13)20-4-2)8-10-17-15(18)7-9-16/h5-6,11H,3-4,7-10H2,1-2H3,(H,17,18). The molecule has 20 heavy (non-hydrogen) atoms. The van der Waals surface area contributed by atoms with Crippen molar-refractivity contribution < 1.29 is 14.3 Å². The zero-order chi connectivity index (χ0) is 14.8. The van der Waals surface area contributed by atoms with E-state index in [0.717, 1.165) is 23.5 Å². The molecule has 0 aromatic heterocycles. The summed E-state index contributed by atoms with van der Waals surface area (Å²) in [6.07, 6.45) is 1.29. The molecule has 1 aromatic rings. The maximum Gasteiger partial charge on any atom is 0.220 e. The zero-order valence-corrected chi connectivity index (χ0v) is 13.7. The minimum atomic E-state index is 0.0674. The first kappa shape index (κ1) is 16.8. The largest absolute Gasteiger partial charge is 0.490 e. The highest BCUT2D eigenvalue weighted by Crippen LogP contribution is 2.28. The summed E-state index contributed by atoms with van der Waals surface area (Å²) in [6, 6.07) is 5.90. The first-order valence-corrected chi connectivity index (χ1v) is 8.04. The van der Waals surface area contributed by atoms with Crippen molar-refractivity contribution in [3.63, 3.8) is 0 Å². The number of halogens is 1. The van der Waals surface area contributed by atoms with Gasteiger partial charge in [-0.3, -0.25) is 4.79 Å². The van der Waals surface area contributed by atoms with E-state index in [9.17, 15) is 4.79 Å². The van der Waals surface area contributed by atoms with E-state index in [1.54, 1.807) is 0 Å². The fourth-order valence-electron chi connectivity index (χ4n) is 1.77. The third-order valence-corrected chi connectivity index (χ3v) is 3.06. The van der Waals surface area contributed by atoms with Crippen molar-refractivity contribution in [2.45, 2.75) is 26.7 Å². The molecule has 0 aliphatic heterocycles. The van der Waals surface area contributed by atoms with Crippen LogP contribution in [-0.2, 0) is 11.2 Å². The molecule has 0 fully saturated rings. The van der Waals surface area contributed by atoms with Crippen molar-refractivity contribution in [1.29, 1.82) is 0 Å². The maximum absolute atomic E-state index is 11.4. The molecule has 1 N–H and O–H groups in total. The lowest BCUT2D eigenvalue weighted by molar-refractivity contribution is -0.120. The van der Waals surface area contributed by atoms with E-state index in [1.165, 1.54) is 0 Å². The van der Waals surface area contributed by atoms with Gasteiger partial charge in [0.15, 0.2) is 11.5 Å². The van der Waals surface area contributed by atoms with Crippen LogP contribution in [0.1, 0.15) is 25.8 Å². The average Bonchev–Trinajstić information content (AvgIpc) is 2.42. The highest BCUT2D eigenvalue weighted by atomic mass is 79.9. The van der Waals surface area contributed by atoms with Crippen molar-refractivity contribution in [3.05, 3.63) is 23.8 Å². The van der Waals surface area contributed by atoms with Crippen LogP contribution in [0.5, 0.6) is 11.5 Å². The Labute approximate surface area is 129 Å². The monoisotopic (exact) mass is 343 g/mol. The fraction of sp³-hybridized carbons (Fsp3) is 0.533. The summed E-state index contributed by atoms with van der Waals surface area (Å²) in [7, 11) is 0. The van der Waals surface area contributed by atoms with E-state index in [2.05, 4.69) is 21.2 Å². The number of carbonyl (C=O) groups excluding carboxylic acids is 1. The molecule has 0 heterocycles. The molecule has 1 rings (SSSR count). The summed E-state index contributed by atoms with van der Waals surface area (Å²) in [5.41, 5.74) is 1.12. The highest BCUT2D eigenvalue weighted by molar-refractivity contribution is 9.09. The summed E-state index contributed by atoms with van der Waals surface area (Å²) in [5.74, 6) is 1.60. The van der Waals surface area contributed by atoms with Gasteiger partial charge >= 0.3 is 0 Å². The molecule has 5 heteroatoms. The van der Waals surface area contributed by atoms with Gasteiger partial charge in [0, 0.05) is 18.3 Å². The molecule has 0 saturated carbocycles. The van der Waals surface area contributed by atoms with Crippen LogP contribution >= 0.6 is 15.9 Å². The van der Waals surface area contributed by atoms with Crippen LogP contribution in [0.4, 0.5) is 0 Å². The summed E-state index contributed by atoms with van der Waals surface area (Å²) in [6.45, 7) is 5.74. The number of benzene rings is 1. The second kappa shape index (κ2) is 9.64. The number of hydrogen-bond donors (Lipinski definition) is 1. The Balaban J connectivity index is 2.57. The number of amides is 1. The van der Waals surface area contributed by atoms with Gasteiger partial charge in [-0.15, -0.1) is 0 Å². The predicted octanol–water partition coefficient (Wildman–Crippen LogP) is 2.93. The molecule has 0 spiro atoms. The van der Waals surface area contributed by atoms with E-state index < -0.39 is 0 Å². The van der Waals surface area contributed by atoms with Gasteiger partial charge in [-0.05, 0) is 38.0 Å². The van der Waals surface area contributed by atoms with Crippen molar-refractivity contribution in [2.24, 2.45) is 0 Å². The Hall–Kier alpha value is -1.23. The Bertz CT molecular complexity index is 424. The molecule has 0 atom stereocenters. The van der Waals surface area contributed by atoms with Gasteiger partial charge in [-0.25, -0.2) is 0 Å². The van der Waals surface area contributed by atoms with Gasteiger partial charge in [0.05, 0.1) is 13.2 Å². The van der Waals surface area contributed by atoms with Crippen LogP contribution in [-0.4, -0.2) is 31.0 Å². The van der Waals surface area contributed by atoms with Crippen LogP contribution < -0.4 is 14.8 Å². The molecule has 0 aliphatic rings. The Morgan fingerprint density at radius 3 is 2.55 bits per heavy atom. The minimum Gasteiger partial charge on any atom is -0.490 e. The number of hydrogen-bond acceptors (Lipinski definition) is 3. The first-order chi connectivity index (χ1) is 9.71. The lowest BCUT2D eigenvalue weighted by Crippen LogP contribution is -2.25. The molecule has 0 unspecified atom stereocenters. The lowest BCUT2D eigenvalue weighted by atomic mass is 10.1. The summed E-state index contributed by atoms with van der Waals surface area (Å²) < 4.78 is 11.1. The molecule has 1 aromatic carbocycles. The van der Waals surface area contributed by atoms with Crippen LogP contribution in [0.15, 0.2) is 18.2 Å². The molecule has 112 valence electrons. The predicted molar refractivity (Wildman–Crippen MR) is 83.9 cm³/mol. The molecular weight excluding hydrogens is 322 g/mol. The fourth-order valence-corrected chi connectivity index (χ4v) is 2.13. The van der Waals surface area contributed by atoms with Crippen molar-refractivity contribution in [1.82, 2.24) is 5.32 Å². The van der Waals surface area contributed by atoms with Crippen molar-refractivity contribution in [2.75, 3.05) is 25.1 Å². The second-order valence-electron chi connectivity index (χ2n) is 4.19. The maximum atomic E-state index is 11.4. The van der Waals surface area contributed by atoms with E-state index in [0.29, 0.717) is 31.5 Å². The Morgan fingerprint density at radius 2 is 1.90 bits per heavy atom. The van der Waals surface area contributed by atoms with Gasteiger partial charge < -0.3 is 14.8 Å². The summed E-state index contributed by atoms with van der Waals surface area (Å²) in [5, 5.41) is 3.57. The number of rotatable bonds is 9. The van der Waals surface area contributed by atoms with Gasteiger partial charge in [0.2, 0.25) is 5.91 Å². The van der Waals surface area contributed by atoms with E-state index in [4.69, 9.17) is 9.47 Å². The molecule has 4 nitrogen and oxygen atoms in total. The summed E-state index contributed by atoms with van der Waals surface area (Å²) >= 11 is 3.24. The van der Waals surface area contributed by atoms with E-state index in [1.807, 2.05) is 32.0 Å².